The number of benzene rings is 2. The van der Waals surface area contributed by atoms with E-state index < -0.39 is 12.5 Å². The number of nitrogens with zero attached hydrogens (tertiary/aromatic N) is 1. The molecule has 2 amide bonds. The highest BCUT2D eigenvalue weighted by molar-refractivity contribution is 5.96. The molecule has 28 heavy (non-hydrogen) atoms. The highest BCUT2D eigenvalue weighted by atomic mass is 19.3. The largest absolute Gasteiger partial charge is 0.492 e. The van der Waals surface area contributed by atoms with Crippen LogP contribution in [0.4, 0.5) is 13.2 Å². The standard InChI is InChI=1S/C19H19F3N2O4/c1-24(9-10-27-15-7-5-14(20)6-8-15)17(25)12-23-18(26)13-3-2-4-16(11-13)28-19(21)22/h2-8,11,19H,9-10,12H2,1H3,(H,23,26). The van der Waals surface area contributed by atoms with Gasteiger partial charge in [-0.3, -0.25) is 9.59 Å². The van der Waals surface area contributed by atoms with Crippen molar-refractivity contribution in [2.45, 2.75) is 6.61 Å². The molecule has 0 atom stereocenters. The van der Waals surface area contributed by atoms with E-state index in [1.165, 1.54) is 47.4 Å². The van der Waals surface area contributed by atoms with Crippen molar-refractivity contribution in [3.8, 4) is 11.5 Å². The third-order valence-electron chi connectivity index (χ3n) is 3.66. The molecule has 0 unspecified atom stereocenters. The topological polar surface area (TPSA) is 67.9 Å². The summed E-state index contributed by atoms with van der Waals surface area (Å²) in [5.74, 6) is -1.01. The lowest BCUT2D eigenvalue weighted by Crippen LogP contribution is -2.39. The summed E-state index contributed by atoms with van der Waals surface area (Å²) in [4.78, 5) is 25.5. The van der Waals surface area contributed by atoms with E-state index in [-0.39, 0.29) is 42.7 Å². The molecule has 0 saturated heterocycles. The molecule has 0 radical (unpaired) electrons. The number of halogens is 3. The van der Waals surface area contributed by atoms with E-state index in [2.05, 4.69) is 10.1 Å². The van der Waals surface area contributed by atoms with Crippen LogP contribution in [0.15, 0.2) is 48.5 Å². The normalized spacial score (nSPS) is 10.5. The number of amides is 2. The van der Waals surface area contributed by atoms with Crippen molar-refractivity contribution in [3.63, 3.8) is 0 Å². The van der Waals surface area contributed by atoms with Crippen LogP contribution in [-0.2, 0) is 4.79 Å². The molecule has 6 nitrogen and oxygen atoms in total. The molecule has 0 aliphatic carbocycles. The van der Waals surface area contributed by atoms with E-state index in [1.807, 2.05) is 0 Å². The van der Waals surface area contributed by atoms with Gasteiger partial charge in [-0.15, -0.1) is 0 Å². The van der Waals surface area contributed by atoms with Crippen LogP contribution in [0.5, 0.6) is 11.5 Å². The van der Waals surface area contributed by atoms with Crippen molar-refractivity contribution < 1.29 is 32.2 Å². The summed E-state index contributed by atoms with van der Waals surface area (Å²) in [6.07, 6.45) is 0. The van der Waals surface area contributed by atoms with Crippen LogP contribution in [0, 0.1) is 5.82 Å². The molecule has 9 heteroatoms. The zero-order chi connectivity index (χ0) is 20.5. The van der Waals surface area contributed by atoms with Gasteiger partial charge in [0.2, 0.25) is 5.91 Å². The molecule has 0 heterocycles. The average molecular weight is 396 g/mol. The number of carbonyl (C=O) groups is 2. The maximum absolute atomic E-state index is 12.8. The van der Waals surface area contributed by atoms with Gasteiger partial charge in [0.1, 0.15) is 23.9 Å². The van der Waals surface area contributed by atoms with E-state index in [1.54, 1.807) is 7.05 Å². The number of hydrogen-bond acceptors (Lipinski definition) is 4. The fraction of sp³-hybridized carbons (Fsp3) is 0.263. The van der Waals surface area contributed by atoms with Crippen molar-refractivity contribution >= 4 is 11.8 Å². The van der Waals surface area contributed by atoms with Gasteiger partial charge < -0.3 is 19.7 Å². The first-order valence-corrected chi connectivity index (χ1v) is 8.30. The molecule has 1 N–H and O–H groups in total. The fourth-order valence-corrected chi connectivity index (χ4v) is 2.16. The smallest absolute Gasteiger partial charge is 0.387 e. The highest BCUT2D eigenvalue weighted by Crippen LogP contribution is 2.16. The maximum Gasteiger partial charge on any atom is 0.387 e. The lowest BCUT2D eigenvalue weighted by molar-refractivity contribution is -0.129. The summed E-state index contributed by atoms with van der Waals surface area (Å²) in [7, 11) is 1.54. The van der Waals surface area contributed by atoms with Crippen LogP contribution >= 0.6 is 0 Å². The molecule has 2 rings (SSSR count). The van der Waals surface area contributed by atoms with Crippen molar-refractivity contribution in [2.24, 2.45) is 0 Å². The van der Waals surface area contributed by atoms with Crippen LogP contribution in [0.25, 0.3) is 0 Å². The minimum absolute atomic E-state index is 0.0910. The van der Waals surface area contributed by atoms with E-state index in [4.69, 9.17) is 4.74 Å². The van der Waals surface area contributed by atoms with Crippen molar-refractivity contribution in [1.82, 2.24) is 10.2 Å². The van der Waals surface area contributed by atoms with Crippen molar-refractivity contribution in [1.29, 1.82) is 0 Å². The minimum Gasteiger partial charge on any atom is -0.492 e. The zero-order valence-electron chi connectivity index (χ0n) is 15.0. The van der Waals surface area contributed by atoms with Gasteiger partial charge in [-0.05, 0) is 42.5 Å². The number of hydrogen-bond donors (Lipinski definition) is 1. The quantitative estimate of drug-likeness (QED) is 0.708. The third kappa shape index (κ3) is 6.82. The Hall–Kier alpha value is -3.23. The zero-order valence-corrected chi connectivity index (χ0v) is 15.0. The Morgan fingerprint density at radius 1 is 1.11 bits per heavy atom. The number of rotatable bonds is 9. The number of likely N-dealkylation sites (N-methyl/N-ethyl adjacent to an activating group) is 1. The van der Waals surface area contributed by atoms with E-state index in [0.29, 0.717) is 5.75 Å². The van der Waals surface area contributed by atoms with Crippen molar-refractivity contribution in [3.05, 3.63) is 59.9 Å². The summed E-state index contributed by atoms with van der Waals surface area (Å²) in [6, 6.07) is 10.7. The summed E-state index contributed by atoms with van der Waals surface area (Å²) in [5, 5.41) is 2.42. The molecule has 0 aliphatic rings. The molecule has 150 valence electrons. The Morgan fingerprint density at radius 3 is 2.50 bits per heavy atom. The second kappa shape index (κ2) is 10.2. The van der Waals surface area contributed by atoms with Crippen LogP contribution in [0.1, 0.15) is 10.4 Å². The van der Waals surface area contributed by atoms with Gasteiger partial charge >= 0.3 is 6.61 Å². The van der Waals surface area contributed by atoms with Gasteiger partial charge in [-0.2, -0.15) is 8.78 Å². The first-order valence-electron chi connectivity index (χ1n) is 8.30. The molecule has 2 aromatic rings. The van der Waals surface area contributed by atoms with Gasteiger partial charge in [-0.25, -0.2) is 4.39 Å². The lowest BCUT2D eigenvalue weighted by Gasteiger charge is -2.18. The van der Waals surface area contributed by atoms with Gasteiger partial charge in [0.05, 0.1) is 13.1 Å². The number of ether oxygens (including phenoxy) is 2. The summed E-state index contributed by atoms with van der Waals surface area (Å²) >= 11 is 0. The van der Waals surface area contributed by atoms with Gasteiger partial charge in [0.15, 0.2) is 0 Å². The number of nitrogens with one attached hydrogen (secondary N) is 1. The Balaban J connectivity index is 1.75. The van der Waals surface area contributed by atoms with Crippen LogP contribution in [0.3, 0.4) is 0 Å². The maximum atomic E-state index is 12.8. The summed E-state index contributed by atoms with van der Waals surface area (Å²) < 4.78 is 46.9. The summed E-state index contributed by atoms with van der Waals surface area (Å²) in [6.45, 7) is -2.82. The van der Waals surface area contributed by atoms with E-state index >= 15 is 0 Å². The molecule has 0 saturated carbocycles. The number of alkyl halides is 2. The molecular formula is C19H19F3N2O4. The number of carbonyl (C=O) groups excluding carboxylic acids is 2. The molecule has 0 spiro atoms. The Bertz CT molecular complexity index is 800. The first kappa shape index (κ1) is 21.1. The minimum atomic E-state index is -2.99. The lowest BCUT2D eigenvalue weighted by atomic mass is 10.2. The fourth-order valence-electron chi connectivity index (χ4n) is 2.16. The molecule has 0 aliphatic heterocycles. The van der Waals surface area contributed by atoms with Crippen LogP contribution in [0.2, 0.25) is 0 Å². The van der Waals surface area contributed by atoms with Gasteiger partial charge in [0.25, 0.3) is 5.91 Å². The predicted molar refractivity (Wildman–Crippen MR) is 94.9 cm³/mol. The Morgan fingerprint density at radius 2 is 1.82 bits per heavy atom. The van der Waals surface area contributed by atoms with E-state index in [9.17, 15) is 22.8 Å². The second-order valence-corrected chi connectivity index (χ2v) is 5.71. The molecule has 0 fully saturated rings. The Kier molecular flexibility index (Phi) is 7.67. The highest BCUT2D eigenvalue weighted by Gasteiger charge is 2.13. The van der Waals surface area contributed by atoms with Gasteiger partial charge in [-0.1, -0.05) is 6.07 Å². The average Bonchev–Trinajstić information content (AvgIpc) is 2.67. The van der Waals surface area contributed by atoms with Crippen molar-refractivity contribution in [2.75, 3.05) is 26.7 Å². The van der Waals surface area contributed by atoms with Crippen LogP contribution < -0.4 is 14.8 Å². The second-order valence-electron chi connectivity index (χ2n) is 5.71. The van der Waals surface area contributed by atoms with Crippen LogP contribution in [-0.4, -0.2) is 50.1 Å². The molecule has 2 aromatic carbocycles. The van der Waals surface area contributed by atoms with E-state index in [0.717, 1.165) is 6.07 Å². The monoisotopic (exact) mass is 396 g/mol. The molecular weight excluding hydrogens is 377 g/mol. The first-order chi connectivity index (χ1) is 13.3. The van der Waals surface area contributed by atoms with Gasteiger partial charge in [0, 0.05) is 12.6 Å². The Labute approximate surface area is 159 Å². The summed E-state index contributed by atoms with van der Waals surface area (Å²) in [5.41, 5.74) is 0.0910. The third-order valence-corrected chi connectivity index (χ3v) is 3.66. The SMILES string of the molecule is CN(CCOc1ccc(F)cc1)C(=O)CNC(=O)c1cccc(OC(F)F)c1. The molecule has 0 aromatic heterocycles. The molecule has 0 bridgehead atoms. The predicted octanol–water partition coefficient (Wildman–Crippen LogP) is 2.69.